The van der Waals surface area contributed by atoms with Gasteiger partial charge in [0, 0.05) is 25.0 Å². The minimum Gasteiger partial charge on any atom is -0.355 e. The number of likely N-dealkylation sites (N-methyl/N-ethyl adjacent to an activating group) is 1. The van der Waals surface area contributed by atoms with E-state index < -0.39 is 0 Å². The lowest BCUT2D eigenvalue weighted by atomic mass is 9.77. The molecule has 3 unspecified atom stereocenters. The number of hydrogen-bond acceptors (Lipinski definition) is 3. The van der Waals surface area contributed by atoms with Gasteiger partial charge in [-0.05, 0) is 32.9 Å². The van der Waals surface area contributed by atoms with E-state index in [4.69, 9.17) is 5.73 Å². The molecule has 0 spiro atoms. The second-order valence-electron chi connectivity index (χ2n) is 5.15. The van der Waals surface area contributed by atoms with Gasteiger partial charge < -0.3 is 16.0 Å². The van der Waals surface area contributed by atoms with Crippen molar-refractivity contribution in [2.24, 2.45) is 17.6 Å². The van der Waals surface area contributed by atoms with Crippen LogP contribution < -0.4 is 11.1 Å². The van der Waals surface area contributed by atoms with Gasteiger partial charge in [-0.15, -0.1) is 0 Å². The van der Waals surface area contributed by atoms with Crippen LogP contribution in [0, 0.1) is 11.8 Å². The number of hydrogen-bond donors (Lipinski definition) is 2. The minimum absolute atomic E-state index is 0.117. The van der Waals surface area contributed by atoms with E-state index in [0.717, 1.165) is 32.4 Å². The summed E-state index contributed by atoms with van der Waals surface area (Å²) in [6.45, 7) is 3.71. The fourth-order valence-electron chi connectivity index (χ4n) is 2.30. The molecule has 0 saturated heterocycles. The van der Waals surface area contributed by atoms with Gasteiger partial charge in [0.15, 0.2) is 0 Å². The monoisotopic (exact) mass is 227 g/mol. The fourth-order valence-corrected chi connectivity index (χ4v) is 2.30. The predicted octanol–water partition coefficient (Wildman–Crippen LogP) is 0.428. The molecule has 1 rings (SSSR count). The lowest BCUT2D eigenvalue weighted by Crippen LogP contribution is -2.45. The van der Waals surface area contributed by atoms with Crippen LogP contribution in [-0.4, -0.2) is 44.0 Å². The molecule has 1 amide bonds. The zero-order chi connectivity index (χ0) is 12.1. The molecule has 4 nitrogen and oxygen atoms in total. The molecule has 0 aromatic carbocycles. The quantitative estimate of drug-likeness (QED) is 0.732. The van der Waals surface area contributed by atoms with Crippen molar-refractivity contribution in [2.45, 2.75) is 32.2 Å². The average Bonchev–Trinajstić information content (AvgIpc) is 2.21. The van der Waals surface area contributed by atoms with Crippen molar-refractivity contribution in [1.82, 2.24) is 10.2 Å². The molecule has 1 aliphatic rings. The highest BCUT2D eigenvalue weighted by molar-refractivity contribution is 5.79. The summed E-state index contributed by atoms with van der Waals surface area (Å²) < 4.78 is 0. The third kappa shape index (κ3) is 3.76. The zero-order valence-electron chi connectivity index (χ0n) is 10.7. The van der Waals surface area contributed by atoms with E-state index in [1.54, 1.807) is 0 Å². The molecule has 1 aliphatic carbocycles. The number of rotatable bonds is 4. The molecule has 0 aromatic heterocycles. The molecule has 4 heteroatoms. The Morgan fingerprint density at radius 1 is 1.44 bits per heavy atom. The van der Waals surface area contributed by atoms with Gasteiger partial charge in [-0.1, -0.05) is 13.3 Å². The Kier molecular flexibility index (Phi) is 5.22. The molecule has 0 aliphatic heterocycles. The zero-order valence-corrected chi connectivity index (χ0v) is 10.7. The summed E-state index contributed by atoms with van der Waals surface area (Å²) in [5.74, 6) is 0.614. The number of carbonyl (C=O) groups is 1. The molecule has 1 saturated carbocycles. The first-order chi connectivity index (χ1) is 7.52. The van der Waals surface area contributed by atoms with E-state index in [0.29, 0.717) is 5.92 Å². The molecule has 0 aromatic rings. The lowest BCUT2D eigenvalue weighted by Gasteiger charge is -2.32. The SMILES string of the molecule is CC1C(N)CCCC1C(=O)NCCN(C)C. The Bertz CT molecular complexity index is 230. The molecule has 3 N–H and O–H groups in total. The molecular weight excluding hydrogens is 202 g/mol. The Labute approximate surface area is 98.6 Å². The van der Waals surface area contributed by atoms with Gasteiger partial charge in [0.1, 0.15) is 0 Å². The van der Waals surface area contributed by atoms with Crippen molar-refractivity contribution in [2.75, 3.05) is 27.2 Å². The number of nitrogens with one attached hydrogen (secondary N) is 1. The summed E-state index contributed by atoms with van der Waals surface area (Å²) in [6, 6.07) is 0.193. The molecule has 0 bridgehead atoms. The van der Waals surface area contributed by atoms with E-state index >= 15 is 0 Å². The third-order valence-electron chi connectivity index (χ3n) is 3.56. The maximum atomic E-state index is 12.0. The summed E-state index contributed by atoms with van der Waals surface area (Å²) in [5.41, 5.74) is 6.00. The highest BCUT2D eigenvalue weighted by Gasteiger charge is 2.32. The Morgan fingerprint density at radius 2 is 2.12 bits per heavy atom. The Balaban J connectivity index is 2.35. The van der Waals surface area contributed by atoms with Crippen LogP contribution in [0.2, 0.25) is 0 Å². The van der Waals surface area contributed by atoms with Crippen LogP contribution in [0.5, 0.6) is 0 Å². The summed E-state index contributed by atoms with van der Waals surface area (Å²) in [7, 11) is 4.01. The van der Waals surface area contributed by atoms with Crippen molar-refractivity contribution in [3.8, 4) is 0 Å². The van der Waals surface area contributed by atoms with Gasteiger partial charge in [-0.2, -0.15) is 0 Å². The van der Waals surface area contributed by atoms with E-state index in [-0.39, 0.29) is 17.9 Å². The fraction of sp³-hybridized carbons (Fsp3) is 0.917. The van der Waals surface area contributed by atoms with Gasteiger partial charge >= 0.3 is 0 Å². The van der Waals surface area contributed by atoms with E-state index in [1.807, 2.05) is 14.1 Å². The van der Waals surface area contributed by atoms with E-state index in [2.05, 4.69) is 17.1 Å². The van der Waals surface area contributed by atoms with Crippen LogP contribution in [0.15, 0.2) is 0 Å². The van der Waals surface area contributed by atoms with Crippen molar-refractivity contribution < 1.29 is 4.79 Å². The molecule has 0 heterocycles. The molecule has 1 fully saturated rings. The van der Waals surface area contributed by atoms with Crippen LogP contribution in [-0.2, 0) is 4.79 Å². The summed E-state index contributed by atoms with van der Waals surface area (Å²) in [6.07, 6.45) is 3.13. The standard InChI is InChI=1S/C12H25N3O/c1-9-10(5-4-6-11(9)13)12(16)14-7-8-15(2)3/h9-11H,4-8,13H2,1-3H3,(H,14,16). The lowest BCUT2D eigenvalue weighted by molar-refractivity contribution is -0.127. The van der Waals surface area contributed by atoms with Gasteiger partial charge in [0.05, 0.1) is 0 Å². The number of nitrogens with two attached hydrogens (primary N) is 1. The van der Waals surface area contributed by atoms with Gasteiger partial charge in [0.25, 0.3) is 0 Å². The van der Waals surface area contributed by atoms with Crippen LogP contribution in [0.3, 0.4) is 0 Å². The van der Waals surface area contributed by atoms with Crippen molar-refractivity contribution in [3.05, 3.63) is 0 Å². The van der Waals surface area contributed by atoms with Crippen molar-refractivity contribution in [3.63, 3.8) is 0 Å². The number of amides is 1. The molecule has 16 heavy (non-hydrogen) atoms. The summed E-state index contributed by atoms with van der Waals surface area (Å²) in [4.78, 5) is 14.0. The topological polar surface area (TPSA) is 58.4 Å². The highest BCUT2D eigenvalue weighted by atomic mass is 16.1. The van der Waals surface area contributed by atoms with E-state index in [9.17, 15) is 4.79 Å². The maximum Gasteiger partial charge on any atom is 0.223 e. The third-order valence-corrected chi connectivity index (χ3v) is 3.56. The largest absolute Gasteiger partial charge is 0.355 e. The van der Waals surface area contributed by atoms with Gasteiger partial charge in [-0.3, -0.25) is 4.79 Å². The summed E-state index contributed by atoms with van der Waals surface area (Å²) in [5, 5.41) is 3.00. The van der Waals surface area contributed by atoms with Crippen LogP contribution in [0.1, 0.15) is 26.2 Å². The van der Waals surface area contributed by atoms with E-state index in [1.165, 1.54) is 0 Å². The molecular formula is C12H25N3O. The predicted molar refractivity (Wildman–Crippen MR) is 66.0 cm³/mol. The number of nitrogens with zero attached hydrogens (tertiary/aromatic N) is 1. The van der Waals surface area contributed by atoms with Gasteiger partial charge in [-0.25, -0.2) is 0 Å². The van der Waals surface area contributed by atoms with Crippen LogP contribution in [0.25, 0.3) is 0 Å². The second-order valence-corrected chi connectivity index (χ2v) is 5.15. The first kappa shape index (κ1) is 13.5. The average molecular weight is 227 g/mol. The highest BCUT2D eigenvalue weighted by Crippen LogP contribution is 2.28. The normalized spacial score (nSPS) is 30.4. The second kappa shape index (κ2) is 6.21. The maximum absolute atomic E-state index is 12.0. The molecule has 94 valence electrons. The first-order valence-electron chi connectivity index (χ1n) is 6.20. The minimum atomic E-state index is 0.117. The summed E-state index contributed by atoms with van der Waals surface area (Å²) >= 11 is 0. The molecule has 3 atom stereocenters. The van der Waals surface area contributed by atoms with Gasteiger partial charge in [0.2, 0.25) is 5.91 Å². The van der Waals surface area contributed by atoms with Crippen LogP contribution in [0.4, 0.5) is 0 Å². The van der Waals surface area contributed by atoms with Crippen molar-refractivity contribution in [1.29, 1.82) is 0 Å². The number of carbonyl (C=O) groups excluding carboxylic acids is 1. The Morgan fingerprint density at radius 3 is 2.75 bits per heavy atom. The Hall–Kier alpha value is -0.610. The molecule has 0 radical (unpaired) electrons. The smallest absolute Gasteiger partial charge is 0.223 e. The first-order valence-corrected chi connectivity index (χ1v) is 6.20. The van der Waals surface area contributed by atoms with Crippen LogP contribution >= 0.6 is 0 Å². The van der Waals surface area contributed by atoms with Crippen molar-refractivity contribution >= 4 is 5.91 Å².